The summed E-state index contributed by atoms with van der Waals surface area (Å²) in [5.41, 5.74) is 0. The van der Waals surface area contributed by atoms with Gasteiger partial charge in [0.25, 0.3) is 0 Å². The maximum atomic E-state index is 11.8. The number of esters is 1. The van der Waals surface area contributed by atoms with Crippen molar-refractivity contribution in [3.05, 3.63) is 12.2 Å². The highest BCUT2D eigenvalue weighted by Crippen LogP contribution is 2.12. The molecule has 0 saturated heterocycles. The first-order valence-corrected chi connectivity index (χ1v) is 15.1. The van der Waals surface area contributed by atoms with Crippen molar-refractivity contribution in [3.8, 4) is 0 Å². The van der Waals surface area contributed by atoms with Crippen molar-refractivity contribution in [2.24, 2.45) is 0 Å². The molecule has 0 bridgehead atoms. The molecule has 0 atom stereocenters. The highest BCUT2D eigenvalue weighted by Gasteiger charge is 2.02. The Morgan fingerprint density at radius 1 is 0.485 bits per heavy atom. The standard InChI is InChI=1S/C31H60O2/c1-3-5-7-9-11-13-15-16-17-18-19-21-23-25-27-29-31(32)33-30-28-26-24-22-20-14-12-10-8-6-4-2/h16-17H,3-15,18-30H2,1-2H3. The Balaban J connectivity index is 3.19. The highest BCUT2D eigenvalue weighted by molar-refractivity contribution is 5.69. The minimum Gasteiger partial charge on any atom is -0.466 e. The van der Waals surface area contributed by atoms with Crippen LogP contribution in [0.15, 0.2) is 12.2 Å². The van der Waals surface area contributed by atoms with Gasteiger partial charge < -0.3 is 4.74 Å². The Hall–Kier alpha value is -0.790. The van der Waals surface area contributed by atoms with E-state index in [0.29, 0.717) is 13.0 Å². The van der Waals surface area contributed by atoms with Gasteiger partial charge in [-0.15, -0.1) is 0 Å². The molecule has 0 radical (unpaired) electrons. The third kappa shape index (κ3) is 29.2. The number of carbonyl (C=O) groups is 1. The molecule has 0 fully saturated rings. The van der Waals surface area contributed by atoms with Gasteiger partial charge in [0.05, 0.1) is 6.61 Å². The number of hydrogen-bond acceptors (Lipinski definition) is 2. The largest absolute Gasteiger partial charge is 0.466 e. The zero-order chi connectivity index (χ0) is 24.1. The monoisotopic (exact) mass is 464 g/mol. The van der Waals surface area contributed by atoms with Crippen LogP contribution in [-0.2, 0) is 9.53 Å². The summed E-state index contributed by atoms with van der Waals surface area (Å²) < 4.78 is 5.40. The second-order valence-electron chi connectivity index (χ2n) is 10.1. The van der Waals surface area contributed by atoms with Crippen LogP contribution in [0.5, 0.6) is 0 Å². The Kier molecular flexibility index (Phi) is 28.5. The van der Waals surface area contributed by atoms with Gasteiger partial charge in [-0.25, -0.2) is 0 Å². The number of ether oxygens (including phenoxy) is 1. The van der Waals surface area contributed by atoms with Crippen molar-refractivity contribution >= 4 is 5.97 Å². The van der Waals surface area contributed by atoms with Crippen LogP contribution >= 0.6 is 0 Å². The molecule has 0 aromatic rings. The molecule has 0 aliphatic rings. The summed E-state index contributed by atoms with van der Waals surface area (Å²) in [6.07, 6.45) is 36.8. The van der Waals surface area contributed by atoms with Crippen molar-refractivity contribution < 1.29 is 9.53 Å². The third-order valence-electron chi connectivity index (χ3n) is 6.65. The maximum absolute atomic E-state index is 11.8. The lowest BCUT2D eigenvalue weighted by Crippen LogP contribution is -2.05. The van der Waals surface area contributed by atoms with E-state index in [2.05, 4.69) is 26.0 Å². The van der Waals surface area contributed by atoms with Gasteiger partial charge in [-0.2, -0.15) is 0 Å². The molecular formula is C31H60O2. The average Bonchev–Trinajstić information content (AvgIpc) is 2.82. The summed E-state index contributed by atoms with van der Waals surface area (Å²) in [5, 5.41) is 0. The summed E-state index contributed by atoms with van der Waals surface area (Å²) in [7, 11) is 0. The Labute approximate surface area is 208 Å². The number of allylic oxidation sites excluding steroid dienone is 2. The highest BCUT2D eigenvalue weighted by atomic mass is 16.5. The third-order valence-corrected chi connectivity index (χ3v) is 6.65. The molecule has 0 aliphatic heterocycles. The molecule has 0 aromatic carbocycles. The van der Waals surface area contributed by atoms with Crippen molar-refractivity contribution in [1.82, 2.24) is 0 Å². The lowest BCUT2D eigenvalue weighted by Gasteiger charge is -2.05. The molecule has 0 amide bonds. The molecule has 0 saturated carbocycles. The summed E-state index contributed by atoms with van der Waals surface area (Å²) in [6, 6.07) is 0. The van der Waals surface area contributed by atoms with Crippen LogP contribution in [0, 0.1) is 0 Å². The van der Waals surface area contributed by atoms with E-state index >= 15 is 0 Å². The van der Waals surface area contributed by atoms with E-state index in [0.717, 1.165) is 19.3 Å². The van der Waals surface area contributed by atoms with Gasteiger partial charge >= 0.3 is 5.97 Å². The SMILES string of the molecule is CCCCCCCCC=CCCCCCCCC(=O)OCCCCCCCCCCCCC. The average molecular weight is 465 g/mol. The Bertz CT molecular complexity index is 402. The molecule has 196 valence electrons. The molecule has 2 heteroatoms. The molecule has 0 aliphatic carbocycles. The minimum atomic E-state index is 0.0136. The van der Waals surface area contributed by atoms with Crippen LogP contribution in [0.4, 0.5) is 0 Å². The van der Waals surface area contributed by atoms with E-state index in [9.17, 15) is 4.79 Å². The lowest BCUT2D eigenvalue weighted by atomic mass is 10.1. The number of unbranched alkanes of at least 4 members (excludes halogenated alkanes) is 21. The zero-order valence-corrected chi connectivity index (χ0v) is 22.9. The van der Waals surface area contributed by atoms with Gasteiger partial charge in [0.1, 0.15) is 0 Å². The molecule has 0 rings (SSSR count). The fourth-order valence-corrected chi connectivity index (χ4v) is 4.36. The Morgan fingerprint density at radius 3 is 1.30 bits per heavy atom. The van der Waals surface area contributed by atoms with E-state index < -0.39 is 0 Å². The summed E-state index contributed by atoms with van der Waals surface area (Å²) in [4.78, 5) is 11.8. The van der Waals surface area contributed by atoms with Gasteiger partial charge in [-0.1, -0.05) is 142 Å². The number of rotatable bonds is 27. The lowest BCUT2D eigenvalue weighted by molar-refractivity contribution is -0.143. The smallest absolute Gasteiger partial charge is 0.305 e. The molecule has 33 heavy (non-hydrogen) atoms. The fourth-order valence-electron chi connectivity index (χ4n) is 4.36. The topological polar surface area (TPSA) is 26.3 Å². The zero-order valence-electron chi connectivity index (χ0n) is 22.9. The normalized spacial score (nSPS) is 11.5. The van der Waals surface area contributed by atoms with Gasteiger partial charge in [-0.3, -0.25) is 4.79 Å². The van der Waals surface area contributed by atoms with E-state index in [4.69, 9.17) is 4.74 Å². The second-order valence-corrected chi connectivity index (χ2v) is 10.1. The summed E-state index contributed by atoms with van der Waals surface area (Å²) >= 11 is 0. The van der Waals surface area contributed by atoms with Crippen molar-refractivity contribution in [2.75, 3.05) is 6.61 Å². The first-order valence-electron chi connectivity index (χ1n) is 15.1. The van der Waals surface area contributed by atoms with Crippen molar-refractivity contribution in [1.29, 1.82) is 0 Å². The first kappa shape index (κ1) is 32.2. The van der Waals surface area contributed by atoms with Gasteiger partial charge in [0.15, 0.2) is 0 Å². The number of carbonyl (C=O) groups excluding carboxylic acids is 1. The van der Waals surface area contributed by atoms with E-state index in [-0.39, 0.29) is 5.97 Å². The van der Waals surface area contributed by atoms with Crippen LogP contribution in [0.25, 0.3) is 0 Å². The van der Waals surface area contributed by atoms with Crippen LogP contribution in [0.2, 0.25) is 0 Å². The quantitative estimate of drug-likeness (QED) is 0.0686. The predicted octanol–water partition coefficient (Wildman–Crippen LogP) is 10.9. The first-order chi connectivity index (χ1) is 16.3. The maximum Gasteiger partial charge on any atom is 0.305 e. The van der Waals surface area contributed by atoms with Crippen LogP contribution in [-0.4, -0.2) is 12.6 Å². The van der Waals surface area contributed by atoms with E-state index in [1.807, 2.05) is 0 Å². The van der Waals surface area contributed by atoms with E-state index in [1.165, 1.54) is 135 Å². The van der Waals surface area contributed by atoms with Crippen molar-refractivity contribution in [2.45, 2.75) is 174 Å². The Morgan fingerprint density at radius 2 is 0.848 bits per heavy atom. The molecule has 0 unspecified atom stereocenters. The van der Waals surface area contributed by atoms with Crippen LogP contribution in [0.1, 0.15) is 174 Å². The molecule has 0 heterocycles. The molecule has 0 spiro atoms. The molecule has 0 N–H and O–H groups in total. The predicted molar refractivity (Wildman–Crippen MR) is 147 cm³/mol. The van der Waals surface area contributed by atoms with Gasteiger partial charge in [-0.05, 0) is 38.5 Å². The van der Waals surface area contributed by atoms with Crippen molar-refractivity contribution in [3.63, 3.8) is 0 Å². The van der Waals surface area contributed by atoms with Crippen LogP contribution < -0.4 is 0 Å². The minimum absolute atomic E-state index is 0.0136. The van der Waals surface area contributed by atoms with Gasteiger partial charge in [0.2, 0.25) is 0 Å². The van der Waals surface area contributed by atoms with E-state index in [1.54, 1.807) is 0 Å². The van der Waals surface area contributed by atoms with Gasteiger partial charge in [0, 0.05) is 6.42 Å². The second kappa shape index (κ2) is 29.2. The molecule has 0 aromatic heterocycles. The van der Waals surface area contributed by atoms with Crippen LogP contribution in [0.3, 0.4) is 0 Å². The molecular weight excluding hydrogens is 404 g/mol. The summed E-state index contributed by atoms with van der Waals surface area (Å²) in [5.74, 6) is 0.0136. The number of hydrogen-bond donors (Lipinski definition) is 0. The fraction of sp³-hybridized carbons (Fsp3) is 0.903. The molecule has 2 nitrogen and oxygen atoms in total. The summed E-state index contributed by atoms with van der Waals surface area (Å²) in [6.45, 7) is 5.18.